The van der Waals surface area contributed by atoms with Crippen LogP contribution in [-0.4, -0.2) is 38.0 Å². The van der Waals surface area contributed by atoms with Gasteiger partial charge in [0.05, 0.1) is 25.5 Å². The molecule has 0 spiro atoms. The Labute approximate surface area is 97.0 Å². The summed E-state index contributed by atoms with van der Waals surface area (Å²) >= 11 is 0. The number of nitrogens with zero attached hydrogens (tertiary/aromatic N) is 1. The second-order valence-corrected chi connectivity index (χ2v) is 3.31. The monoisotopic (exact) mass is 224 g/mol. The third-order valence-electron chi connectivity index (χ3n) is 2.03. The minimum atomic E-state index is 0.666. The standard InChI is InChI=1S/C12H20N2O2/c1-2-15-9-10-16-8-7-13-11-12-5-3-4-6-14-12/h3-6,13H,2,7-11H2,1H3. The molecule has 0 atom stereocenters. The average molecular weight is 224 g/mol. The van der Waals surface area contributed by atoms with Crippen LogP contribution in [0.1, 0.15) is 12.6 Å². The summed E-state index contributed by atoms with van der Waals surface area (Å²) in [5.41, 5.74) is 1.05. The van der Waals surface area contributed by atoms with Gasteiger partial charge in [0.2, 0.25) is 0 Å². The molecule has 0 fully saturated rings. The van der Waals surface area contributed by atoms with E-state index in [0.29, 0.717) is 19.8 Å². The lowest BCUT2D eigenvalue weighted by Gasteiger charge is -2.05. The van der Waals surface area contributed by atoms with Gasteiger partial charge in [-0.25, -0.2) is 0 Å². The van der Waals surface area contributed by atoms with E-state index in [1.807, 2.05) is 25.1 Å². The van der Waals surface area contributed by atoms with Crippen molar-refractivity contribution in [3.63, 3.8) is 0 Å². The zero-order valence-electron chi connectivity index (χ0n) is 9.82. The van der Waals surface area contributed by atoms with E-state index in [1.165, 1.54) is 0 Å². The average Bonchev–Trinajstić information content (AvgIpc) is 2.34. The largest absolute Gasteiger partial charge is 0.379 e. The van der Waals surface area contributed by atoms with E-state index in [9.17, 15) is 0 Å². The molecule has 0 aliphatic carbocycles. The van der Waals surface area contributed by atoms with Crippen molar-refractivity contribution in [3.05, 3.63) is 30.1 Å². The first-order chi connectivity index (χ1) is 7.93. The number of ether oxygens (including phenoxy) is 2. The van der Waals surface area contributed by atoms with Crippen LogP contribution in [0.2, 0.25) is 0 Å². The van der Waals surface area contributed by atoms with E-state index in [4.69, 9.17) is 9.47 Å². The van der Waals surface area contributed by atoms with Crippen molar-refractivity contribution in [1.29, 1.82) is 0 Å². The Bertz CT molecular complexity index is 254. The number of hydrogen-bond donors (Lipinski definition) is 1. The molecule has 1 rings (SSSR count). The van der Waals surface area contributed by atoms with Crippen molar-refractivity contribution in [2.45, 2.75) is 13.5 Å². The molecule has 1 aromatic heterocycles. The predicted molar refractivity (Wildman–Crippen MR) is 63.3 cm³/mol. The lowest BCUT2D eigenvalue weighted by molar-refractivity contribution is 0.0539. The van der Waals surface area contributed by atoms with Crippen LogP contribution in [-0.2, 0) is 16.0 Å². The Kier molecular flexibility index (Phi) is 7.59. The highest BCUT2D eigenvalue weighted by atomic mass is 16.5. The third-order valence-corrected chi connectivity index (χ3v) is 2.03. The highest BCUT2D eigenvalue weighted by Gasteiger charge is 1.92. The summed E-state index contributed by atoms with van der Waals surface area (Å²) in [7, 11) is 0. The number of rotatable bonds is 9. The predicted octanol–water partition coefficient (Wildman–Crippen LogP) is 1.22. The highest BCUT2D eigenvalue weighted by molar-refractivity contribution is 5.02. The molecule has 16 heavy (non-hydrogen) atoms. The molecule has 0 amide bonds. The Balaban J connectivity index is 1.89. The third kappa shape index (κ3) is 6.50. The molecule has 0 saturated carbocycles. The van der Waals surface area contributed by atoms with E-state index in [1.54, 1.807) is 6.20 Å². The molecule has 1 N–H and O–H groups in total. The summed E-state index contributed by atoms with van der Waals surface area (Å²) in [4.78, 5) is 4.21. The van der Waals surface area contributed by atoms with E-state index in [-0.39, 0.29) is 0 Å². The lowest BCUT2D eigenvalue weighted by Crippen LogP contribution is -2.20. The summed E-state index contributed by atoms with van der Waals surface area (Å²) in [6, 6.07) is 5.91. The SMILES string of the molecule is CCOCCOCCNCc1ccccn1. The van der Waals surface area contributed by atoms with Gasteiger partial charge < -0.3 is 14.8 Å². The summed E-state index contributed by atoms with van der Waals surface area (Å²) in [6.07, 6.45) is 1.80. The Morgan fingerprint density at radius 2 is 2.06 bits per heavy atom. The fraction of sp³-hybridized carbons (Fsp3) is 0.583. The Morgan fingerprint density at radius 3 is 2.81 bits per heavy atom. The first kappa shape index (κ1) is 13.1. The number of aromatic nitrogens is 1. The zero-order chi connectivity index (χ0) is 11.5. The van der Waals surface area contributed by atoms with Gasteiger partial charge in [0.1, 0.15) is 0 Å². The molecular weight excluding hydrogens is 204 g/mol. The molecular formula is C12H20N2O2. The van der Waals surface area contributed by atoms with Gasteiger partial charge in [-0.3, -0.25) is 4.98 Å². The van der Waals surface area contributed by atoms with Crippen LogP contribution >= 0.6 is 0 Å². The molecule has 0 aliphatic rings. The van der Waals surface area contributed by atoms with Gasteiger partial charge in [-0.05, 0) is 19.1 Å². The smallest absolute Gasteiger partial charge is 0.0701 e. The summed E-state index contributed by atoms with van der Waals surface area (Å²) in [5.74, 6) is 0. The summed E-state index contributed by atoms with van der Waals surface area (Å²) in [6.45, 7) is 6.41. The second kappa shape index (κ2) is 9.27. The topological polar surface area (TPSA) is 43.4 Å². The van der Waals surface area contributed by atoms with Crippen LogP contribution in [0, 0.1) is 0 Å². The molecule has 0 aliphatic heterocycles. The Hall–Kier alpha value is -0.970. The molecule has 0 bridgehead atoms. The first-order valence-electron chi connectivity index (χ1n) is 5.69. The molecule has 90 valence electrons. The van der Waals surface area contributed by atoms with Crippen LogP contribution in [0.5, 0.6) is 0 Å². The maximum absolute atomic E-state index is 5.37. The molecule has 4 heteroatoms. The van der Waals surface area contributed by atoms with Gasteiger partial charge in [0.15, 0.2) is 0 Å². The molecule has 1 aromatic rings. The maximum atomic E-state index is 5.37. The van der Waals surface area contributed by atoms with Crippen LogP contribution in [0.4, 0.5) is 0 Å². The number of hydrogen-bond acceptors (Lipinski definition) is 4. The van der Waals surface area contributed by atoms with Crippen LogP contribution in [0.25, 0.3) is 0 Å². The van der Waals surface area contributed by atoms with Crippen molar-refractivity contribution in [2.24, 2.45) is 0 Å². The lowest BCUT2D eigenvalue weighted by atomic mass is 10.3. The normalized spacial score (nSPS) is 10.6. The van der Waals surface area contributed by atoms with E-state index >= 15 is 0 Å². The zero-order valence-corrected chi connectivity index (χ0v) is 9.82. The fourth-order valence-corrected chi connectivity index (χ4v) is 1.23. The van der Waals surface area contributed by atoms with Gasteiger partial charge in [-0.2, -0.15) is 0 Å². The molecule has 0 aromatic carbocycles. The van der Waals surface area contributed by atoms with Gasteiger partial charge in [0.25, 0.3) is 0 Å². The van der Waals surface area contributed by atoms with Crippen LogP contribution in [0.3, 0.4) is 0 Å². The van der Waals surface area contributed by atoms with Gasteiger partial charge in [0, 0.05) is 25.9 Å². The van der Waals surface area contributed by atoms with Crippen molar-refractivity contribution < 1.29 is 9.47 Å². The molecule has 0 radical (unpaired) electrons. The van der Waals surface area contributed by atoms with Crippen molar-refractivity contribution in [1.82, 2.24) is 10.3 Å². The summed E-state index contributed by atoms with van der Waals surface area (Å²) < 4.78 is 10.5. The van der Waals surface area contributed by atoms with Crippen molar-refractivity contribution in [2.75, 3.05) is 33.0 Å². The van der Waals surface area contributed by atoms with E-state index in [0.717, 1.165) is 25.4 Å². The quantitative estimate of drug-likeness (QED) is 0.641. The molecule has 1 heterocycles. The van der Waals surface area contributed by atoms with Crippen LogP contribution < -0.4 is 5.32 Å². The molecule has 0 unspecified atom stereocenters. The van der Waals surface area contributed by atoms with Crippen LogP contribution in [0.15, 0.2) is 24.4 Å². The van der Waals surface area contributed by atoms with Crippen molar-refractivity contribution >= 4 is 0 Å². The van der Waals surface area contributed by atoms with Gasteiger partial charge in [-0.15, -0.1) is 0 Å². The Morgan fingerprint density at radius 1 is 1.19 bits per heavy atom. The molecule has 4 nitrogen and oxygen atoms in total. The van der Waals surface area contributed by atoms with E-state index in [2.05, 4.69) is 10.3 Å². The highest BCUT2D eigenvalue weighted by Crippen LogP contribution is 1.91. The minimum Gasteiger partial charge on any atom is -0.379 e. The summed E-state index contributed by atoms with van der Waals surface area (Å²) in [5, 5.41) is 3.26. The number of nitrogens with one attached hydrogen (secondary N) is 1. The molecule has 0 saturated heterocycles. The minimum absolute atomic E-state index is 0.666. The van der Waals surface area contributed by atoms with Gasteiger partial charge in [-0.1, -0.05) is 6.07 Å². The van der Waals surface area contributed by atoms with E-state index < -0.39 is 0 Å². The maximum Gasteiger partial charge on any atom is 0.0701 e. The second-order valence-electron chi connectivity index (χ2n) is 3.31. The van der Waals surface area contributed by atoms with Gasteiger partial charge >= 0.3 is 0 Å². The fourth-order valence-electron chi connectivity index (χ4n) is 1.23. The van der Waals surface area contributed by atoms with Crippen molar-refractivity contribution in [3.8, 4) is 0 Å². The first-order valence-corrected chi connectivity index (χ1v) is 5.69. The number of pyridine rings is 1.